The number of nitrogens with two attached hydrogens (primary N) is 1. The standard InChI is InChI=1S/C22H18FN3.C4H4O4/c23-20-13-12-19(17-8-4-5-9-18(17)20)21-14-16(25-22(24)26-21)11-10-15-6-2-1-3-7-15;5-3(6)1-2-4(7)8/h1-9,12-14H,10-11H2,(H2,24,25,26);1-2H,(H,5,6)(H,7,8)/b;2-1-. The molecule has 7 nitrogen and oxygen atoms in total. The molecule has 0 saturated carbocycles. The SMILES string of the molecule is Nc1nc(CCc2ccccc2)cc(-c2ccc(F)c3ccccc23)n1.O=C(O)/C=C\C(=O)O. The zero-order valence-corrected chi connectivity index (χ0v) is 18.1. The van der Waals surface area contributed by atoms with Crippen molar-refractivity contribution in [2.24, 2.45) is 0 Å². The molecule has 1 heterocycles. The monoisotopic (exact) mass is 459 g/mol. The normalized spacial score (nSPS) is 10.6. The summed E-state index contributed by atoms with van der Waals surface area (Å²) in [7, 11) is 0. The number of nitrogens with zero attached hydrogens (tertiary/aromatic N) is 2. The quantitative estimate of drug-likeness (QED) is 0.362. The van der Waals surface area contributed by atoms with E-state index in [0.29, 0.717) is 17.5 Å². The number of carboxylic acids is 2. The molecule has 0 aliphatic rings. The number of carbonyl (C=O) groups is 2. The van der Waals surface area contributed by atoms with E-state index in [2.05, 4.69) is 22.1 Å². The van der Waals surface area contributed by atoms with Gasteiger partial charge in [-0.25, -0.2) is 23.9 Å². The largest absolute Gasteiger partial charge is 0.478 e. The van der Waals surface area contributed by atoms with Crippen molar-refractivity contribution in [3.63, 3.8) is 0 Å². The van der Waals surface area contributed by atoms with Crippen LogP contribution in [0.5, 0.6) is 0 Å². The number of aromatic nitrogens is 2. The van der Waals surface area contributed by atoms with Gasteiger partial charge in [0, 0.05) is 28.8 Å². The smallest absolute Gasteiger partial charge is 0.328 e. The minimum absolute atomic E-state index is 0.235. The Morgan fingerprint density at radius 1 is 0.824 bits per heavy atom. The summed E-state index contributed by atoms with van der Waals surface area (Å²) in [5, 5.41) is 17.0. The number of anilines is 1. The molecule has 0 fully saturated rings. The van der Waals surface area contributed by atoms with E-state index in [1.54, 1.807) is 12.1 Å². The Hall–Kier alpha value is -4.59. The minimum Gasteiger partial charge on any atom is -0.478 e. The summed E-state index contributed by atoms with van der Waals surface area (Å²) >= 11 is 0. The van der Waals surface area contributed by atoms with Crippen molar-refractivity contribution in [1.82, 2.24) is 9.97 Å². The summed E-state index contributed by atoms with van der Waals surface area (Å²) in [5.41, 5.74) is 9.65. The van der Waals surface area contributed by atoms with Gasteiger partial charge in [0.05, 0.1) is 5.69 Å². The van der Waals surface area contributed by atoms with Crippen LogP contribution in [0, 0.1) is 5.82 Å². The molecule has 4 rings (SSSR count). The third kappa shape index (κ3) is 6.70. The van der Waals surface area contributed by atoms with E-state index in [1.165, 1.54) is 11.6 Å². The summed E-state index contributed by atoms with van der Waals surface area (Å²) in [6.07, 6.45) is 2.76. The third-order valence-corrected chi connectivity index (χ3v) is 4.82. The molecule has 0 atom stereocenters. The molecule has 8 heteroatoms. The van der Waals surface area contributed by atoms with Crippen LogP contribution in [-0.2, 0) is 22.4 Å². The van der Waals surface area contributed by atoms with E-state index in [4.69, 9.17) is 15.9 Å². The van der Waals surface area contributed by atoms with E-state index in [0.717, 1.165) is 35.2 Å². The highest BCUT2D eigenvalue weighted by Gasteiger charge is 2.11. The van der Waals surface area contributed by atoms with Crippen LogP contribution in [0.4, 0.5) is 10.3 Å². The maximum atomic E-state index is 14.1. The Balaban J connectivity index is 0.000000350. The molecule has 0 spiro atoms. The Kier molecular flexibility index (Phi) is 8.02. The molecule has 34 heavy (non-hydrogen) atoms. The van der Waals surface area contributed by atoms with Crippen molar-refractivity contribution < 1.29 is 24.2 Å². The van der Waals surface area contributed by atoms with Crippen molar-refractivity contribution in [2.45, 2.75) is 12.8 Å². The van der Waals surface area contributed by atoms with Crippen molar-refractivity contribution >= 4 is 28.7 Å². The van der Waals surface area contributed by atoms with Gasteiger partial charge in [-0.2, -0.15) is 0 Å². The Morgan fingerprint density at radius 3 is 2.09 bits per heavy atom. The van der Waals surface area contributed by atoms with E-state index in [1.807, 2.05) is 42.5 Å². The second kappa shape index (κ2) is 11.3. The molecule has 0 radical (unpaired) electrons. The van der Waals surface area contributed by atoms with Crippen molar-refractivity contribution in [1.29, 1.82) is 0 Å². The lowest BCUT2D eigenvalue weighted by Gasteiger charge is -2.10. The van der Waals surface area contributed by atoms with Gasteiger partial charge in [-0.1, -0.05) is 54.6 Å². The molecule has 0 unspecified atom stereocenters. The molecule has 0 saturated heterocycles. The maximum absolute atomic E-state index is 14.1. The van der Waals surface area contributed by atoms with E-state index < -0.39 is 11.9 Å². The maximum Gasteiger partial charge on any atom is 0.328 e. The van der Waals surface area contributed by atoms with Gasteiger partial charge in [0.2, 0.25) is 5.95 Å². The van der Waals surface area contributed by atoms with E-state index >= 15 is 0 Å². The van der Waals surface area contributed by atoms with Crippen LogP contribution in [-0.4, -0.2) is 32.1 Å². The van der Waals surface area contributed by atoms with Gasteiger partial charge in [-0.3, -0.25) is 0 Å². The van der Waals surface area contributed by atoms with Gasteiger partial charge in [-0.15, -0.1) is 0 Å². The first-order chi connectivity index (χ1) is 16.3. The van der Waals surface area contributed by atoms with Crippen molar-refractivity contribution in [3.8, 4) is 11.3 Å². The van der Waals surface area contributed by atoms with Crippen LogP contribution in [0.25, 0.3) is 22.0 Å². The summed E-state index contributed by atoms with van der Waals surface area (Å²) in [5.74, 6) is -2.52. The highest BCUT2D eigenvalue weighted by atomic mass is 19.1. The van der Waals surface area contributed by atoms with Gasteiger partial charge >= 0.3 is 11.9 Å². The first-order valence-electron chi connectivity index (χ1n) is 10.3. The van der Waals surface area contributed by atoms with Crippen molar-refractivity contribution in [2.75, 3.05) is 5.73 Å². The summed E-state index contributed by atoms with van der Waals surface area (Å²) in [6, 6.07) is 22.8. The molecule has 3 aromatic carbocycles. The number of hydrogen-bond acceptors (Lipinski definition) is 5. The average molecular weight is 459 g/mol. The predicted octanol–water partition coefficient (Wildman–Crippen LogP) is 4.52. The fraction of sp³-hybridized carbons (Fsp3) is 0.0769. The molecule has 0 bridgehead atoms. The Labute approximate surface area is 195 Å². The van der Waals surface area contributed by atoms with Gasteiger partial charge in [0.15, 0.2) is 0 Å². The summed E-state index contributed by atoms with van der Waals surface area (Å²) in [6.45, 7) is 0. The summed E-state index contributed by atoms with van der Waals surface area (Å²) in [4.78, 5) is 27.9. The number of rotatable bonds is 6. The molecule has 1 aromatic heterocycles. The fourth-order valence-electron chi connectivity index (χ4n) is 3.33. The number of nitrogen functional groups attached to an aromatic ring is 1. The molecule has 0 amide bonds. The molecule has 172 valence electrons. The lowest BCUT2D eigenvalue weighted by molar-refractivity contribution is -0.134. The van der Waals surface area contributed by atoms with Crippen LogP contribution < -0.4 is 5.73 Å². The second-order valence-electron chi connectivity index (χ2n) is 7.24. The number of aliphatic carboxylic acids is 2. The minimum atomic E-state index is -1.26. The number of fused-ring (bicyclic) bond motifs is 1. The molecule has 0 aliphatic heterocycles. The van der Waals surface area contributed by atoms with Crippen LogP contribution in [0.15, 0.2) is 84.9 Å². The topological polar surface area (TPSA) is 126 Å². The Bertz CT molecular complexity index is 1320. The lowest BCUT2D eigenvalue weighted by Crippen LogP contribution is -2.03. The van der Waals surface area contributed by atoms with E-state index in [-0.39, 0.29) is 11.8 Å². The van der Waals surface area contributed by atoms with Gasteiger partial charge in [-0.05, 0) is 42.0 Å². The van der Waals surface area contributed by atoms with E-state index in [9.17, 15) is 14.0 Å². The molecular weight excluding hydrogens is 437 g/mol. The van der Waals surface area contributed by atoms with Gasteiger partial charge in [0.25, 0.3) is 0 Å². The number of hydrogen-bond donors (Lipinski definition) is 3. The average Bonchev–Trinajstić information content (AvgIpc) is 2.83. The molecule has 4 aromatic rings. The Morgan fingerprint density at radius 2 is 1.44 bits per heavy atom. The number of carboxylic acid groups (broad SMARTS) is 2. The highest BCUT2D eigenvalue weighted by molar-refractivity contribution is 5.96. The molecule has 0 aliphatic carbocycles. The zero-order chi connectivity index (χ0) is 24.5. The van der Waals surface area contributed by atoms with Crippen LogP contribution in [0.3, 0.4) is 0 Å². The zero-order valence-electron chi connectivity index (χ0n) is 18.1. The third-order valence-electron chi connectivity index (χ3n) is 4.82. The van der Waals surface area contributed by atoms with Gasteiger partial charge < -0.3 is 15.9 Å². The fourth-order valence-corrected chi connectivity index (χ4v) is 3.33. The number of halogens is 1. The first-order valence-corrected chi connectivity index (χ1v) is 10.3. The van der Waals surface area contributed by atoms with Crippen LogP contribution in [0.1, 0.15) is 11.3 Å². The second-order valence-corrected chi connectivity index (χ2v) is 7.24. The lowest BCUT2D eigenvalue weighted by atomic mass is 10.0. The number of benzene rings is 3. The van der Waals surface area contributed by atoms with Crippen LogP contribution >= 0.6 is 0 Å². The van der Waals surface area contributed by atoms with Crippen molar-refractivity contribution in [3.05, 3.63) is 102 Å². The van der Waals surface area contributed by atoms with Gasteiger partial charge in [0.1, 0.15) is 5.82 Å². The highest BCUT2D eigenvalue weighted by Crippen LogP contribution is 2.30. The van der Waals surface area contributed by atoms with Crippen LogP contribution in [0.2, 0.25) is 0 Å². The predicted molar refractivity (Wildman–Crippen MR) is 128 cm³/mol. The molecule has 4 N–H and O–H groups in total. The number of aryl methyl sites for hydroxylation is 2. The summed E-state index contributed by atoms with van der Waals surface area (Å²) < 4.78 is 14.1. The molecular formula is C26H22FN3O4. The first kappa shape index (κ1) is 24.1.